The van der Waals surface area contributed by atoms with Crippen LogP contribution in [0.25, 0.3) is 0 Å². The molecular weight excluding hydrogens is 394 g/mol. The maximum atomic E-state index is 13.4. The summed E-state index contributed by atoms with van der Waals surface area (Å²) >= 11 is 0. The van der Waals surface area contributed by atoms with Gasteiger partial charge in [0.2, 0.25) is 5.91 Å². The molecule has 4 fully saturated rings. The largest absolute Gasteiger partial charge is 0.482 e. The zero-order chi connectivity index (χ0) is 22.1. The summed E-state index contributed by atoms with van der Waals surface area (Å²) in [5.74, 6) is 1.34. The highest BCUT2D eigenvalue weighted by Crippen LogP contribution is 2.74. The maximum absolute atomic E-state index is 13.4. The number of carbonyl (C=O) groups excluding carboxylic acids is 1. The van der Waals surface area contributed by atoms with Crippen molar-refractivity contribution in [1.82, 2.24) is 4.90 Å². The van der Waals surface area contributed by atoms with Crippen LogP contribution in [0.4, 0.5) is 0 Å². The predicted molar refractivity (Wildman–Crippen MR) is 115 cm³/mol. The minimum atomic E-state index is -0.997. The third-order valence-electron chi connectivity index (χ3n) is 9.17. The Bertz CT molecular complexity index is 926. The lowest BCUT2D eigenvalue weighted by Gasteiger charge is -2.63. The SMILES string of the molecule is Cc1cc(OCC(=O)O)ccc1CC1CCN(C2C3CC(C)C4(C3)C2CC4(C)O)C1=O. The summed E-state index contributed by atoms with van der Waals surface area (Å²) < 4.78 is 5.27. The number of likely N-dealkylation sites (tertiary alicyclic amines) is 1. The van der Waals surface area contributed by atoms with Gasteiger partial charge in [0.15, 0.2) is 6.61 Å². The average Bonchev–Trinajstić information content (AvgIpc) is 3.32. The van der Waals surface area contributed by atoms with Crippen molar-refractivity contribution in [3.63, 3.8) is 0 Å². The van der Waals surface area contributed by atoms with Crippen LogP contribution in [0.3, 0.4) is 0 Å². The molecule has 6 nitrogen and oxygen atoms in total. The molecule has 0 radical (unpaired) electrons. The van der Waals surface area contributed by atoms with Crippen LogP contribution in [0, 0.1) is 36.0 Å². The summed E-state index contributed by atoms with van der Waals surface area (Å²) in [6.07, 6.45) is 4.61. The first-order valence-corrected chi connectivity index (χ1v) is 11.6. The van der Waals surface area contributed by atoms with E-state index in [1.165, 1.54) is 0 Å². The number of ether oxygens (including phenoxy) is 1. The fourth-order valence-corrected chi connectivity index (χ4v) is 7.85. The van der Waals surface area contributed by atoms with Crippen molar-refractivity contribution >= 4 is 11.9 Å². The van der Waals surface area contributed by atoms with Gasteiger partial charge >= 0.3 is 5.97 Å². The molecule has 1 aromatic rings. The molecule has 1 aromatic carbocycles. The molecule has 1 spiro atoms. The van der Waals surface area contributed by atoms with Crippen molar-refractivity contribution in [3.8, 4) is 5.75 Å². The van der Waals surface area contributed by atoms with Crippen LogP contribution in [0.2, 0.25) is 0 Å². The number of fused-ring (bicyclic) bond motifs is 1. The van der Waals surface area contributed by atoms with Crippen molar-refractivity contribution in [2.24, 2.45) is 29.1 Å². The van der Waals surface area contributed by atoms with Crippen molar-refractivity contribution in [3.05, 3.63) is 29.3 Å². The quantitative estimate of drug-likeness (QED) is 0.729. The molecule has 6 heteroatoms. The summed E-state index contributed by atoms with van der Waals surface area (Å²) in [5, 5.41) is 19.8. The lowest BCUT2D eigenvalue weighted by Crippen LogP contribution is -2.67. The molecule has 3 saturated carbocycles. The highest BCUT2D eigenvalue weighted by Gasteiger charge is 2.76. The minimum Gasteiger partial charge on any atom is -0.482 e. The van der Waals surface area contributed by atoms with Crippen LogP contribution in [0.1, 0.15) is 50.7 Å². The number of aryl methyl sites for hydroxylation is 1. The number of rotatable bonds is 6. The van der Waals surface area contributed by atoms with Gasteiger partial charge in [-0.2, -0.15) is 0 Å². The van der Waals surface area contributed by atoms with Gasteiger partial charge in [-0.15, -0.1) is 0 Å². The van der Waals surface area contributed by atoms with E-state index in [0.29, 0.717) is 36.0 Å². The highest BCUT2D eigenvalue weighted by molar-refractivity contribution is 5.82. The molecule has 1 aliphatic heterocycles. The number of aliphatic hydroxyl groups is 1. The molecule has 3 aliphatic carbocycles. The molecule has 1 heterocycles. The van der Waals surface area contributed by atoms with Gasteiger partial charge in [-0.3, -0.25) is 4.79 Å². The lowest BCUT2D eigenvalue weighted by atomic mass is 9.46. The average molecular weight is 428 g/mol. The summed E-state index contributed by atoms with van der Waals surface area (Å²) in [7, 11) is 0. The molecule has 168 valence electrons. The second-order valence-electron chi connectivity index (χ2n) is 10.7. The normalized spacial score (nSPS) is 40.7. The van der Waals surface area contributed by atoms with Crippen LogP contribution < -0.4 is 4.74 Å². The number of carboxylic acids is 1. The lowest BCUT2D eigenvalue weighted by molar-refractivity contribution is -0.223. The van der Waals surface area contributed by atoms with Crippen LogP contribution in [-0.4, -0.2) is 51.8 Å². The topological polar surface area (TPSA) is 87.1 Å². The fraction of sp³-hybridized carbons (Fsp3) is 0.680. The Morgan fingerprint density at radius 3 is 2.74 bits per heavy atom. The first-order chi connectivity index (χ1) is 14.6. The van der Waals surface area contributed by atoms with E-state index in [2.05, 4.69) is 11.8 Å². The number of benzene rings is 1. The van der Waals surface area contributed by atoms with Gasteiger partial charge in [0, 0.05) is 23.9 Å². The molecule has 7 atom stereocenters. The van der Waals surface area contributed by atoms with Gasteiger partial charge in [-0.05, 0) is 87.0 Å². The van der Waals surface area contributed by atoms with Gasteiger partial charge in [0.1, 0.15) is 5.75 Å². The molecular formula is C25H33NO5. The number of carboxylic acid groups (broad SMARTS) is 1. The van der Waals surface area contributed by atoms with Crippen LogP contribution in [0.15, 0.2) is 18.2 Å². The predicted octanol–water partition coefficient (Wildman–Crippen LogP) is 3.04. The maximum Gasteiger partial charge on any atom is 0.341 e. The molecule has 2 bridgehead atoms. The van der Waals surface area contributed by atoms with E-state index < -0.39 is 11.6 Å². The Morgan fingerprint density at radius 2 is 2.10 bits per heavy atom. The third kappa shape index (κ3) is 2.94. The van der Waals surface area contributed by atoms with E-state index in [4.69, 9.17) is 9.84 Å². The van der Waals surface area contributed by atoms with Crippen molar-refractivity contribution < 1.29 is 24.5 Å². The van der Waals surface area contributed by atoms with E-state index in [1.807, 2.05) is 26.0 Å². The molecule has 2 N–H and O–H groups in total. The first kappa shape index (κ1) is 20.8. The van der Waals surface area contributed by atoms with Gasteiger partial charge in [-0.25, -0.2) is 4.79 Å². The van der Waals surface area contributed by atoms with E-state index in [0.717, 1.165) is 43.4 Å². The Hall–Kier alpha value is -2.08. The molecule has 1 saturated heterocycles. The third-order valence-corrected chi connectivity index (χ3v) is 9.17. The standard InChI is InChI=1S/C25H33NO5/c1-14-8-19(31-13-21(27)28)5-4-16(14)10-17-6-7-26(23(17)29)22-18-9-15(2)25(11-18)20(22)12-24(25,3)30/h4-5,8,15,17-18,20,22,30H,6-7,9-13H2,1-3H3,(H,27,28). The minimum absolute atomic E-state index is 0.00225. The second kappa shape index (κ2) is 6.96. The van der Waals surface area contributed by atoms with Crippen molar-refractivity contribution in [2.75, 3.05) is 13.2 Å². The fourth-order valence-electron chi connectivity index (χ4n) is 7.85. The van der Waals surface area contributed by atoms with Gasteiger partial charge in [0.05, 0.1) is 5.60 Å². The number of hydrogen-bond donors (Lipinski definition) is 2. The van der Waals surface area contributed by atoms with Gasteiger partial charge < -0.3 is 19.8 Å². The van der Waals surface area contributed by atoms with Crippen molar-refractivity contribution in [1.29, 1.82) is 0 Å². The summed E-state index contributed by atoms with van der Waals surface area (Å²) in [6.45, 7) is 6.75. The number of nitrogens with zero attached hydrogens (tertiary/aromatic N) is 1. The monoisotopic (exact) mass is 427 g/mol. The zero-order valence-electron chi connectivity index (χ0n) is 18.6. The number of hydrogen-bond acceptors (Lipinski definition) is 4. The number of amides is 1. The second-order valence-corrected chi connectivity index (χ2v) is 10.7. The van der Waals surface area contributed by atoms with Crippen LogP contribution >= 0.6 is 0 Å². The Morgan fingerprint density at radius 1 is 1.32 bits per heavy atom. The summed E-state index contributed by atoms with van der Waals surface area (Å²) in [6, 6.07) is 5.91. The van der Waals surface area contributed by atoms with E-state index in [1.54, 1.807) is 6.07 Å². The molecule has 7 unspecified atom stereocenters. The zero-order valence-corrected chi connectivity index (χ0v) is 18.6. The smallest absolute Gasteiger partial charge is 0.341 e. The first-order valence-electron chi connectivity index (χ1n) is 11.6. The highest BCUT2D eigenvalue weighted by atomic mass is 16.5. The Kier molecular flexibility index (Phi) is 4.67. The molecule has 1 amide bonds. The Balaban J connectivity index is 1.27. The number of aliphatic carboxylic acids is 1. The number of carbonyl (C=O) groups is 2. The molecule has 5 rings (SSSR count). The van der Waals surface area contributed by atoms with Gasteiger partial charge in [0.25, 0.3) is 0 Å². The van der Waals surface area contributed by atoms with E-state index in [9.17, 15) is 14.7 Å². The summed E-state index contributed by atoms with van der Waals surface area (Å²) in [5.41, 5.74) is 1.58. The van der Waals surface area contributed by atoms with Gasteiger partial charge in [-0.1, -0.05) is 13.0 Å². The molecule has 0 aromatic heterocycles. The molecule has 4 aliphatic rings. The van der Waals surface area contributed by atoms with E-state index >= 15 is 0 Å². The van der Waals surface area contributed by atoms with Crippen LogP contribution in [-0.2, 0) is 16.0 Å². The Labute approximate surface area is 183 Å². The van der Waals surface area contributed by atoms with E-state index in [-0.39, 0.29) is 23.8 Å². The van der Waals surface area contributed by atoms with Crippen LogP contribution in [0.5, 0.6) is 5.75 Å². The summed E-state index contributed by atoms with van der Waals surface area (Å²) in [4.78, 5) is 26.3. The van der Waals surface area contributed by atoms with Crippen molar-refractivity contribution in [2.45, 2.75) is 64.5 Å². The molecule has 31 heavy (non-hydrogen) atoms.